The van der Waals surface area contributed by atoms with Crippen molar-refractivity contribution in [1.82, 2.24) is 0 Å². The third-order valence-electron chi connectivity index (χ3n) is 4.21. The molecule has 0 aromatic heterocycles. The van der Waals surface area contributed by atoms with Crippen LogP contribution in [-0.4, -0.2) is 13.2 Å². The third-order valence-corrected chi connectivity index (χ3v) is 5.09. The first kappa shape index (κ1) is 20.9. The molecule has 0 aliphatic heterocycles. The van der Waals surface area contributed by atoms with Gasteiger partial charge < -0.3 is 4.74 Å². The molecule has 0 radical (unpaired) electrons. The lowest BCUT2D eigenvalue weighted by Gasteiger charge is -2.30. The Hall–Kier alpha value is -0.440. The van der Waals surface area contributed by atoms with E-state index < -0.39 is 0 Å². The van der Waals surface area contributed by atoms with Crippen molar-refractivity contribution in [3.63, 3.8) is 0 Å². The van der Waals surface area contributed by atoms with E-state index in [1.54, 1.807) is 12.1 Å². The van der Waals surface area contributed by atoms with Gasteiger partial charge in [-0.25, -0.2) is 0 Å². The van der Waals surface area contributed by atoms with E-state index in [1.807, 2.05) is 24.3 Å². The Bertz CT molecular complexity index is 649. The van der Waals surface area contributed by atoms with Crippen molar-refractivity contribution in [3.8, 4) is 0 Å². The maximum absolute atomic E-state index is 6.12. The summed E-state index contributed by atoms with van der Waals surface area (Å²) in [5, 5.41) is 2.52. The van der Waals surface area contributed by atoms with Crippen molar-refractivity contribution in [1.29, 1.82) is 0 Å². The van der Waals surface area contributed by atoms with Gasteiger partial charge in [-0.05, 0) is 47.5 Å². The SMILES string of the molecule is CC(C)(COCC(C)(C)c1cc(Cl)cc(Cl)c1)c1cc(Cl)cc(Cl)c1. The summed E-state index contributed by atoms with van der Waals surface area (Å²) < 4.78 is 6.06. The molecule has 5 heteroatoms. The first-order valence-corrected chi connectivity index (χ1v) is 9.52. The zero-order valence-corrected chi connectivity index (χ0v) is 17.8. The van der Waals surface area contributed by atoms with E-state index in [0.717, 1.165) is 11.1 Å². The molecule has 0 unspecified atom stereocenters. The minimum atomic E-state index is -0.212. The molecule has 0 aliphatic carbocycles. The van der Waals surface area contributed by atoms with Gasteiger partial charge in [-0.1, -0.05) is 74.1 Å². The van der Waals surface area contributed by atoms with E-state index in [2.05, 4.69) is 27.7 Å². The smallest absolute Gasteiger partial charge is 0.0558 e. The van der Waals surface area contributed by atoms with Crippen molar-refractivity contribution in [3.05, 3.63) is 67.6 Å². The summed E-state index contributed by atoms with van der Waals surface area (Å²) >= 11 is 24.5. The number of rotatable bonds is 6. The summed E-state index contributed by atoms with van der Waals surface area (Å²) in [6.45, 7) is 9.52. The van der Waals surface area contributed by atoms with Crippen LogP contribution in [0.25, 0.3) is 0 Å². The first-order chi connectivity index (χ1) is 11.5. The topological polar surface area (TPSA) is 9.23 Å². The summed E-state index contributed by atoms with van der Waals surface area (Å²) in [7, 11) is 0. The maximum atomic E-state index is 6.12. The van der Waals surface area contributed by atoms with Crippen LogP contribution in [0.5, 0.6) is 0 Å². The Morgan fingerprint density at radius 1 is 0.600 bits per heavy atom. The Morgan fingerprint density at radius 2 is 0.880 bits per heavy atom. The molecule has 0 heterocycles. The van der Waals surface area contributed by atoms with E-state index in [4.69, 9.17) is 51.1 Å². The number of hydrogen-bond donors (Lipinski definition) is 0. The highest BCUT2D eigenvalue weighted by molar-refractivity contribution is 6.35. The molecule has 136 valence electrons. The first-order valence-electron chi connectivity index (χ1n) is 8.00. The van der Waals surface area contributed by atoms with Gasteiger partial charge in [0.1, 0.15) is 0 Å². The second-order valence-electron chi connectivity index (χ2n) is 7.58. The van der Waals surface area contributed by atoms with Gasteiger partial charge in [0.25, 0.3) is 0 Å². The van der Waals surface area contributed by atoms with Crippen LogP contribution >= 0.6 is 46.4 Å². The van der Waals surface area contributed by atoms with Gasteiger partial charge in [0, 0.05) is 30.9 Å². The molecule has 0 spiro atoms. The molecule has 0 N–H and O–H groups in total. The van der Waals surface area contributed by atoms with Crippen molar-refractivity contribution in [2.45, 2.75) is 38.5 Å². The lowest BCUT2D eigenvalue weighted by molar-refractivity contribution is 0.0634. The number of benzene rings is 2. The summed E-state index contributed by atoms with van der Waals surface area (Å²) in [6, 6.07) is 11.2. The summed E-state index contributed by atoms with van der Waals surface area (Å²) in [4.78, 5) is 0. The summed E-state index contributed by atoms with van der Waals surface area (Å²) in [6.07, 6.45) is 0. The van der Waals surface area contributed by atoms with Crippen LogP contribution in [0.1, 0.15) is 38.8 Å². The second kappa shape index (κ2) is 8.06. The van der Waals surface area contributed by atoms with E-state index in [0.29, 0.717) is 33.3 Å². The summed E-state index contributed by atoms with van der Waals surface area (Å²) in [5.74, 6) is 0. The molecule has 0 bridgehead atoms. The highest BCUT2D eigenvalue weighted by Crippen LogP contribution is 2.32. The van der Waals surface area contributed by atoms with E-state index in [-0.39, 0.29) is 10.8 Å². The summed E-state index contributed by atoms with van der Waals surface area (Å²) in [5.41, 5.74) is 1.68. The van der Waals surface area contributed by atoms with Gasteiger partial charge >= 0.3 is 0 Å². The third kappa shape index (κ3) is 5.77. The van der Waals surface area contributed by atoms with Crippen LogP contribution in [0.3, 0.4) is 0 Å². The predicted molar refractivity (Wildman–Crippen MR) is 110 cm³/mol. The molecule has 0 saturated heterocycles. The van der Waals surface area contributed by atoms with Crippen LogP contribution in [-0.2, 0) is 15.6 Å². The molecule has 25 heavy (non-hydrogen) atoms. The number of halogens is 4. The Morgan fingerprint density at radius 3 is 1.16 bits per heavy atom. The highest BCUT2D eigenvalue weighted by Gasteiger charge is 2.26. The Kier molecular flexibility index (Phi) is 6.73. The molecule has 2 aromatic carbocycles. The van der Waals surface area contributed by atoms with Gasteiger partial charge in [-0.2, -0.15) is 0 Å². The van der Waals surface area contributed by atoms with Gasteiger partial charge in [0.2, 0.25) is 0 Å². The highest BCUT2D eigenvalue weighted by atomic mass is 35.5. The number of ether oxygens (including phenoxy) is 1. The maximum Gasteiger partial charge on any atom is 0.0558 e. The van der Waals surface area contributed by atoms with E-state index >= 15 is 0 Å². The molecule has 0 atom stereocenters. The molecule has 0 aliphatic rings. The average Bonchev–Trinajstić information content (AvgIpc) is 2.44. The van der Waals surface area contributed by atoms with E-state index in [1.165, 1.54) is 0 Å². The standard InChI is InChI=1S/C20H22Cl4O/c1-19(2,13-5-15(21)9-16(22)6-13)11-25-12-20(3,4)14-7-17(23)10-18(24)8-14/h5-10H,11-12H2,1-4H3. The van der Waals surface area contributed by atoms with Crippen LogP contribution in [0, 0.1) is 0 Å². The molecule has 0 amide bonds. The van der Waals surface area contributed by atoms with Crippen LogP contribution in [0.15, 0.2) is 36.4 Å². The van der Waals surface area contributed by atoms with Gasteiger partial charge in [-0.3, -0.25) is 0 Å². The van der Waals surface area contributed by atoms with E-state index in [9.17, 15) is 0 Å². The van der Waals surface area contributed by atoms with Crippen molar-refractivity contribution in [2.24, 2.45) is 0 Å². The van der Waals surface area contributed by atoms with Gasteiger partial charge in [0.05, 0.1) is 13.2 Å². The Balaban J connectivity index is 2.07. The normalized spacial score (nSPS) is 12.5. The molecule has 0 saturated carbocycles. The zero-order valence-electron chi connectivity index (χ0n) is 14.8. The fraction of sp³-hybridized carbons (Fsp3) is 0.400. The minimum absolute atomic E-state index is 0.212. The molecular weight excluding hydrogens is 398 g/mol. The van der Waals surface area contributed by atoms with Crippen molar-refractivity contribution in [2.75, 3.05) is 13.2 Å². The van der Waals surface area contributed by atoms with Gasteiger partial charge in [-0.15, -0.1) is 0 Å². The fourth-order valence-corrected chi connectivity index (χ4v) is 3.67. The van der Waals surface area contributed by atoms with Crippen LogP contribution in [0.4, 0.5) is 0 Å². The quantitative estimate of drug-likeness (QED) is 0.468. The largest absolute Gasteiger partial charge is 0.380 e. The second-order valence-corrected chi connectivity index (χ2v) is 9.32. The van der Waals surface area contributed by atoms with Crippen molar-refractivity contribution >= 4 is 46.4 Å². The number of hydrogen-bond acceptors (Lipinski definition) is 1. The van der Waals surface area contributed by atoms with Crippen molar-refractivity contribution < 1.29 is 4.74 Å². The Labute approximate surface area is 170 Å². The minimum Gasteiger partial charge on any atom is -0.380 e. The lowest BCUT2D eigenvalue weighted by Crippen LogP contribution is -2.30. The molecular formula is C20H22Cl4O. The van der Waals surface area contributed by atoms with Crippen LogP contribution < -0.4 is 0 Å². The van der Waals surface area contributed by atoms with Gasteiger partial charge in [0.15, 0.2) is 0 Å². The molecule has 2 rings (SSSR count). The monoisotopic (exact) mass is 418 g/mol. The predicted octanol–water partition coefficient (Wildman–Crippen LogP) is 7.57. The molecule has 1 nitrogen and oxygen atoms in total. The molecule has 2 aromatic rings. The average molecular weight is 420 g/mol. The zero-order chi connectivity index (χ0) is 18.8. The lowest BCUT2D eigenvalue weighted by atomic mass is 9.84. The molecule has 0 fully saturated rings. The fourth-order valence-electron chi connectivity index (χ4n) is 2.62. The van der Waals surface area contributed by atoms with Crippen LogP contribution in [0.2, 0.25) is 20.1 Å².